The van der Waals surface area contributed by atoms with Crippen molar-refractivity contribution in [3.63, 3.8) is 0 Å². The Morgan fingerprint density at radius 2 is 1.22 bits per heavy atom. The van der Waals surface area contributed by atoms with Crippen LogP contribution in [0.15, 0.2) is 0 Å². The molecule has 49 heavy (non-hydrogen) atoms. The maximum atomic E-state index is 11.5. The minimum absolute atomic E-state index is 0.0914. The molecular formula is C31H53O18+. The maximum Gasteiger partial charge on any atom is 0.302 e. The average Bonchev–Trinajstić information content (AvgIpc) is 3.08. The summed E-state index contributed by atoms with van der Waals surface area (Å²) in [6.07, 6.45) is -19.8. The number of aliphatic hydroxyl groups excluding tert-OH is 9. The van der Waals surface area contributed by atoms with Crippen LogP contribution in [0.4, 0.5) is 0 Å². The zero-order valence-electron chi connectivity index (χ0n) is 27.7. The Labute approximate surface area is 283 Å². The fraction of sp³-hybridized carbons (Fsp3) is 0.968. The molecule has 0 radical (unpaired) electrons. The van der Waals surface area contributed by atoms with E-state index in [9.17, 15) is 50.8 Å². The van der Waals surface area contributed by atoms with Crippen molar-refractivity contribution < 1.29 is 88.6 Å². The SMILES string of the molecule is COC1CC(C2[OH+]C3CC(O)CC(O[C@@H]4O[C@H](CO)[C@@H](O)[C@H](O)[C@H]4O)C3CC2O[C@@H]2O[C@H](COC(C)=O)[C@@H](O)[C@H](O)[C@H]2O)CC(OC)C1O. The van der Waals surface area contributed by atoms with Gasteiger partial charge in [0.15, 0.2) is 24.8 Å². The lowest BCUT2D eigenvalue weighted by atomic mass is 9.72. The van der Waals surface area contributed by atoms with Gasteiger partial charge < -0.3 is 83.9 Å². The van der Waals surface area contributed by atoms with E-state index in [1.807, 2.05) is 0 Å². The molecule has 3 aliphatic heterocycles. The molecule has 18 heteroatoms. The molecule has 2 aliphatic carbocycles. The van der Waals surface area contributed by atoms with Crippen molar-refractivity contribution >= 4 is 5.97 Å². The second kappa shape index (κ2) is 16.7. The number of ether oxygens (including phenoxy) is 8. The van der Waals surface area contributed by atoms with Gasteiger partial charge in [0.1, 0.15) is 67.6 Å². The lowest BCUT2D eigenvalue weighted by Crippen LogP contribution is -2.64. The van der Waals surface area contributed by atoms with E-state index in [0.29, 0.717) is 12.8 Å². The monoisotopic (exact) mass is 713 g/mol. The third kappa shape index (κ3) is 8.40. The molecule has 18 atom stereocenters. The van der Waals surface area contributed by atoms with Gasteiger partial charge in [-0.25, -0.2) is 0 Å². The Hall–Kier alpha value is -1.17. The number of methoxy groups -OCH3 is 2. The van der Waals surface area contributed by atoms with Gasteiger partial charge >= 0.3 is 5.97 Å². The van der Waals surface area contributed by atoms with E-state index in [1.54, 1.807) is 0 Å². The molecule has 10 N–H and O–H groups in total. The highest BCUT2D eigenvalue weighted by Crippen LogP contribution is 2.44. The van der Waals surface area contributed by atoms with Crippen molar-refractivity contribution in [3.8, 4) is 0 Å². The lowest BCUT2D eigenvalue weighted by Gasteiger charge is -2.50. The van der Waals surface area contributed by atoms with Crippen LogP contribution in [0.1, 0.15) is 39.0 Å². The van der Waals surface area contributed by atoms with Crippen LogP contribution in [-0.4, -0.2) is 194 Å². The van der Waals surface area contributed by atoms with Gasteiger partial charge in [0.05, 0.1) is 36.9 Å². The Balaban J connectivity index is 1.42. The van der Waals surface area contributed by atoms with Crippen molar-refractivity contribution in [2.75, 3.05) is 27.4 Å². The molecule has 18 nitrogen and oxygen atoms in total. The summed E-state index contributed by atoms with van der Waals surface area (Å²) in [5, 5.41) is 94.8. The summed E-state index contributed by atoms with van der Waals surface area (Å²) >= 11 is 0. The van der Waals surface area contributed by atoms with Crippen LogP contribution in [0.2, 0.25) is 0 Å². The molecule has 0 spiro atoms. The first-order valence-corrected chi connectivity index (χ1v) is 16.8. The molecule has 3 saturated heterocycles. The van der Waals surface area contributed by atoms with Crippen molar-refractivity contribution in [1.29, 1.82) is 0 Å². The molecule has 5 aliphatic rings. The maximum absolute atomic E-state index is 11.5. The first-order chi connectivity index (χ1) is 23.3. The highest BCUT2D eigenvalue weighted by Gasteiger charge is 2.57. The quantitative estimate of drug-likeness (QED) is 0.0759. The van der Waals surface area contributed by atoms with Crippen molar-refractivity contribution in [1.82, 2.24) is 0 Å². The van der Waals surface area contributed by atoms with Crippen molar-refractivity contribution in [2.24, 2.45) is 11.8 Å². The standard InChI is InChI=1S/C31H52O18/c1-11(33)44-10-21-24(37)26(39)28(41)31(49-21)47-19-8-14-15(45-29(19)12-4-17(42-2)22(35)18(5-12)43-3)6-13(34)7-16(14)46-30-27(40)25(38)23(36)20(9-32)48-30/h12-32,34-41H,4-10H2,1-3H3/p+1/t12?,13?,14?,15?,16?,17?,18?,19?,20-,21-,22?,23-,24-,25+,26+,27-,28-,29?,30-,31-/m1/s1. The van der Waals surface area contributed by atoms with Crippen LogP contribution in [0.3, 0.4) is 0 Å². The Bertz CT molecular complexity index is 1050. The molecule has 0 aromatic heterocycles. The zero-order valence-corrected chi connectivity index (χ0v) is 27.7. The zero-order chi connectivity index (χ0) is 35.7. The Kier molecular flexibility index (Phi) is 13.3. The predicted molar refractivity (Wildman–Crippen MR) is 160 cm³/mol. The van der Waals surface area contributed by atoms with Gasteiger partial charge in [-0.1, -0.05) is 0 Å². The normalized spacial score (nSPS) is 50.8. The van der Waals surface area contributed by atoms with E-state index in [0.717, 1.165) is 0 Å². The van der Waals surface area contributed by atoms with E-state index in [1.165, 1.54) is 21.1 Å². The number of rotatable bonds is 10. The van der Waals surface area contributed by atoms with E-state index in [2.05, 4.69) is 0 Å². The number of esters is 1. The molecule has 8 unspecified atom stereocenters. The molecule has 5 rings (SSSR count). The summed E-state index contributed by atoms with van der Waals surface area (Å²) in [6, 6.07) is 0. The number of fused-ring (bicyclic) bond motifs is 1. The molecule has 0 bridgehead atoms. The fourth-order valence-electron chi connectivity index (χ4n) is 8.02. The van der Waals surface area contributed by atoms with Gasteiger partial charge in [-0.2, -0.15) is 0 Å². The third-order valence-corrected chi connectivity index (χ3v) is 10.7. The highest BCUT2D eigenvalue weighted by atomic mass is 16.7. The second-order valence-electron chi connectivity index (χ2n) is 13.9. The number of aliphatic hydroxyl groups is 11. The smallest absolute Gasteiger partial charge is 0.302 e. The molecule has 5 fully saturated rings. The van der Waals surface area contributed by atoms with Gasteiger partial charge in [-0.05, 0) is 19.3 Å². The largest absolute Gasteiger partial charge is 0.463 e. The van der Waals surface area contributed by atoms with Crippen LogP contribution in [0, 0.1) is 11.8 Å². The van der Waals surface area contributed by atoms with Crippen LogP contribution in [0.5, 0.6) is 0 Å². The Morgan fingerprint density at radius 1 is 0.673 bits per heavy atom. The van der Waals surface area contributed by atoms with Crippen LogP contribution in [0.25, 0.3) is 0 Å². The molecule has 0 aromatic rings. The van der Waals surface area contributed by atoms with Gasteiger partial charge in [-0.3, -0.25) is 4.79 Å². The first-order valence-electron chi connectivity index (χ1n) is 16.8. The minimum atomic E-state index is -1.71. The number of carbonyl (C=O) groups is 1. The molecule has 3 heterocycles. The number of carbonyl (C=O) groups excluding carboxylic acids is 1. The van der Waals surface area contributed by atoms with Crippen LogP contribution < -0.4 is 0 Å². The molecule has 2 saturated carbocycles. The molecule has 0 aromatic carbocycles. The van der Waals surface area contributed by atoms with Gasteiger partial charge in [0.25, 0.3) is 0 Å². The van der Waals surface area contributed by atoms with Crippen molar-refractivity contribution in [3.05, 3.63) is 0 Å². The summed E-state index contributed by atoms with van der Waals surface area (Å²) in [6.45, 7) is 0.104. The Morgan fingerprint density at radius 3 is 1.78 bits per heavy atom. The van der Waals surface area contributed by atoms with Gasteiger partial charge in [-0.15, -0.1) is 0 Å². The summed E-state index contributed by atoms with van der Waals surface area (Å²) in [7, 11) is 2.96. The molecule has 284 valence electrons. The number of hydrogen-bond acceptors (Lipinski definition) is 17. The van der Waals surface area contributed by atoms with E-state index >= 15 is 0 Å². The van der Waals surface area contributed by atoms with Gasteiger partial charge in [0.2, 0.25) is 0 Å². The van der Waals surface area contributed by atoms with Crippen molar-refractivity contribution in [2.45, 2.75) is 149 Å². The molecular weight excluding hydrogens is 660 g/mol. The minimum Gasteiger partial charge on any atom is -0.463 e. The summed E-state index contributed by atoms with van der Waals surface area (Å²) in [5.41, 5.74) is 0. The second-order valence-corrected chi connectivity index (χ2v) is 13.9. The van der Waals surface area contributed by atoms with Gasteiger partial charge in [0, 0.05) is 39.9 Å². The topological polar surface area (TPSA) is 277 Å². The highest BCUT2D eigenvalue weighted by molar-refractivity contribution is 5.65. The summed E-state index contributed by atoms with van der Waals surface area (Å²) in [5.74, 6) is -1.41. The summed E-state index contributed by atoms with van der Waals surface area (Å²) < 4.78 is 45.3. The number of hydrogen-bond donors (Lipinski definition) is 9. The fourth-order valence-corrected chi connectivity index (χ4v) is 8.02. The molecule has 0 amide bonds. The van der Waals surface area contributed by atoms with Crippen LogP contribution in [-0.2, 0) is 38.0 Å². The van der Waals surface area contributed by atoms with E-state index < -0.39 is 135 Å². The third-order valence-electron chi connectivity index (χ3n) is 10.7. The lowest BCUT2D eigenvalue weighted by molar-refractivity contribution is -0.368. The summed E-state index contributed by atoms with van der Waals surface area (Å²) in [4.78, 5) is 11.5. The van der Waals surface area contributed by atoms with E-state index in [4.69, 9.17) is 37.9 Å². The predicted octanol–water partition coefficient (Wildman–Crippen LogP) is -4.83. The van der Waals surface area contributed by atoms with E-state index in [-0.39, 0.29) is 25.2 Å². The first kappa shape index (κ1) is 39.0. The average molecular weight is 714 g/mol. The van der Waals surface area contributed by atoms with Crippen LogP contribution >= 0.6 is 0 Å².